The Balaban J connectivity index is 2.04. The van der Waals surface area contributed by atoms with E-state index in [0.29, 0.717) is 5.69 Å². The summed E-state index contributed by atoms with van der Waals surface area (Å²) in [5.74, 6) is 0. The Bertz CT molecular complexity index is 793. The number of nitrogens with zero attached hydrogens (tertiary/aromatic N) is 1. The topological polar surface area (TPSA) is 55.2 Å². The van der Waals surface area contributed by atoms with E-state index >= 15 is 0 Å². The van der Waals surface area contributed by atoms with Crippen LogP contribution in [0.5, 0.6) is 0 Å². The van der Waals surface area contributed by atoms with Gasteiger partial charge < -0.3 is 5.32 Å². The summed E-state index contributed by atoms with van der Waals surface area (Å²) in [6, 6.07) is 24.9. The highest BCUT2D eigenvalue weighted by Crippen LogP contribution is 2.32. The lowest BCUT2D eigenvalue weighted by atomic mass is 9.98. The first-order chi connectivity index (χ1) is 11.6. The second-order valence-electron chi connectivity index (χ2n) is 5.68. The van der Waals surface area contributed by atoms with E-state index in [1.54, 1.807) is 12.1 Å². The second-order valence-corrected chi connectivity index (χ2v) is 5.68. The summed E-state index contributed by atoms with van der Waals surface area (Å²) in [5.41, 5.74) is 3.58. The van der Waals surface area contributed by atoms with Gasteiger partial charge in [-0.2, -0.15) is 0 Å². The third kappa shape index (κ3) is 3.43. The molecule has 0 atom stereocenters. The van der Waals surface area contributed by atoms with Crippen molar-refractivity contribution in [2.75, 3.05) is 5.32 Å². The van der Waals surface area contributed by atoms with Gasteiger partial charge in [-0.3, -0.25) is 10.1 Å². The predicted octanol–water partition coefficient (Wildman–Crippen LogP) is 5.10. The zero-order chi connectivity index (χ0) is 16.9. The fourth-order valence-electron chi connectivity index (χ4n) is 2.72. The van der Waals surface area contributed by atoms with Crippen molar-refractivity contribution in [2.45, 2.75) is 13.0 Å². The van der Waals surface area contributed by atoms with E-state index in [0.717, 1.165) is 16.7 Å². The molecule has 0 aromatic heterocycles. The number of benzene rings is 3. The van der Waals surface area contributed by atoms with Crippen LogP contribution in [0.4, 0.5) is 11.4 Å². The van der Waals surface area contributed by atoms with Gasteiger partial charge in [0, 0.05) is 6.07 Å². The van der Waals surface area contributed by atoms with Crippen molar-refractivity contribution in [3.63, 3.8) is 0 Å². The van der Waals surface area contributed by atoms with E-state index in [4.69, 9.17) is 0 Å². The van der Waals surface area contributed by atoms with Crippen LogP contribution in [0.15, 0.2) is 78.9 Å². The van der Waals surface area contributed by atoms with Gasteiger partial charge in [-0.05, 0) is 29.7 Å². The van der Waals surface area contributed by atoms with Crippen molar-refractivity contribution in [1.29, 1.82) is 0 Å². The molecule has 0 aliphatic heterocycles. The first-order valence-electron chi connectivity index (χ1n) is 7.76. The number of anilines is 1. The summed E-state index contributed by atoms with van der Waals surface area (Å²) in [5, 5.41) is 14.7. The molecule has 0 bridgehead atoms. The number of nitro benzene ring substituents is 1. The lowest BCUT2D eigenvalue weighted by molar-refractivity contribution is -0.384. The van der Waals surface area contributed by atoms with Gasteiger partial charge in [0.25, 0.3) is 5.69 Å². The molecule has 24 heavy (non-hydrogen) atoms. The molecule has 4 nitrogen and oxygen atoms in total. The molecule has 0 aliphatic rings. The third-order valence-corrected chi connectivity index (χ3v) is 3.92. The molecule has 3 rings (SSSR count). The highest BCUT2D eigenvalue weighted by molar-refractivity contribution is 5.64. The molecular weight excluding hydrogens is 300 g/mol. The van der Waals surface area contributed by atoms with Gasteiger partial charge in [0.15, 0.2) is 0 Å². The van der Waals surface area contributed by atoms with Crippen LogP contribution in [0.2, 0.25) is 0 Å². The molecule has 0 saturated heterocycles. The average Bonchev–Trinajstić information content (AvgIpc) is 2.62. The molecule has 0 fully saturated rings. The number of rotatable bonds is 5. The Kier molecular flexibility index (Phi) is 4.57. The lowest BCUT2D eigenvalue weighted by Crippen LogP contribution is -2.13. The van der Waals surface area contributed by atoms with Gasteiger partial charge in [-0.1, -0.05) is 66.7 Å². The maximum absolute atomic E-state index is 11.4. The molecule has 1 N–H and O–H groups in total. The van der Waals surface area contributed by atoms with Crippen molar-refractivity contribution < 1.29 is 4.92 Å². The molecule has 0 radical (unpaired) electrons. The lowest BCUT2D eigenvalue weighted by Gasteiger charge is -2.21. The maximum Gasteiger partial charge on any atom is 0.292 e. The van der Waals surface area contributed by atoms with Crippen molar-refractivity contribution in [1.82, 2.24) is 0 Å². The highest BCUT2D eigenvalue weighted by Gasteiger charge is 2.19. The van der Waals surface area contributed by atoms with Crippen LogP contribution >= 0.6 is 0 Å². The quantitative estimate of drug-likeness (QED) is 0.525. The van der Waals surface area contributed by atoms with Crippen LogP contribution in [0.3, 0.4) is 0 Å². The van der Waals surface area contributed by atoms with Crippen molar-refractivity contribution in [2.24, 2.45) is 0 Å². The summed E-state index contributed by atoms with van der Waals surface area (Å²) in [6.07, 6.45) is 0. The van der Waals surface area contributed by atoms with Gasteiger partial charge in [0.2, 0.25) is 0 Å². The highest BCUT2D eigenvalue weighted by atomic mass is 16.6. The maximum atomic E-state index is 11.4. The summed E-state index contributed by atoms with van der Waals surface area (Å²) in [6.45, 7) is 1.85. The number of aryl methyl sites for hydroxylation is 1. The Morgan fingerprint density at radius 1 is 0.875 bits per heavy atom. The summed E-state index contributed by atoms with van der Waals surface area (Å²) < 4.78 is 0. The summed E-state index contributed by atoms with van der Waals surface area (Å²) in [7, 11) is 0. The van der Waals surface area contributed by atoms with Crippen LogP contribution in [-0.2, 0) is 0 Å². The van der Waals surface area contributed by atoms with Crippen molar-refractivity contribution >= 4 is 11.4 Å². The molecule has 0 heterocycles. The minimum absolute atomic E-state index is 0.0897. The van der Waals surface area contributed by atoms with E-state index in [1.165, 1.54) is 0 Å². The average molecular weight is 318 g/mol. The molecule has 120 valence electrons. The zero-order valence-corrected chi connectivity index (χ0v) is 13.3. The SMILES string of the molecule is Cc1ccc(NC(c2ccccc2)c2ccccc2)c([N+](=O)[O-])c1. The van der Waals surface area contributed by atoms with Crippen molar-refractivity contribution in [3.8, 4) is 0 Å². The van der Waals surface area contributed by atoms with E-state index in [9.17, 15) is 10.1 Å². The smallest absolute Gasteiger partial charge is 0.292 e. The Labute approximate surface area is 140 Å². The number of hydrogen-bond donors (Lipinski definition) is 1. The van der Waals surface area contributed by atoms with Crippen LogP contribution in [0.25, 0.3) is 0 Å². The van der Waals surface area contributed by atoms with E-state index in [-0.39, 0.29) is 16.7 Å². The standard InChI is InChI=1S/C20H18N2O2/c1-15-12-13-18(19(14-15)22(23)24)21-20(16-8-4-2-5-9-16)17-10-6-3-7-11-17/h2-14,20-21H,1H3. The predicted molar refractivity (Wildman–Crippen MR) is 96.2 cm³/mol. The van der Waals surface area contributed by atoms with Gasteiger partial charge >= 0.3 is 0 Å². The van der Waals surface area contributed by atoms with Gasteiger partial charge in [-0.15, -0.1) is 0 Å². The van der Waals surface area contributed by atoms with Gasteiger partial charge in [0.1, 0.15) is 5.69 Å². The largest absolute Gasteiger partial charge is 0.369 e. The monoisotopic (exact) mass is 318 g/mol. The van der Waals surface area contributed by atoms with Crippen molar-refractivity contribution in [3.05, 3.63) is 106 Å². The normalized spacial score (nSPS) is 10.6. The molecule has 0 aliphatic carbocycles. The fraction of sp³-hybridized carbons (Fsp3) is 0.100. The number of nitro groups is 1. The van der Waals surface area contributed by atoms with Crippen LogP contribution in [0, 0.1) is 17.0 Å². The number of nitrogens with one attached hydrogen (secondary N) is 1. The molecule has 3 aromatic rings. The number of hydrogen-bond acceptors (Lipinski definition) is 3. The fourth-order valence-corrected chi connectivity index (χ4v) is 2.72. The molecule has 0 saturated carbocycles. The molecule has 3 aromatic carbocycles. The van der Waals surface area contributed by atoms with E-state index in [1.807, 2.05) is 73.7 Å². The van der Waals surface area contributed by atoms with E-state index in [2.05, 4.69) is 5.32 Å². The molecular formula is C20H18N2O2. The second kappa shape index (κ2) is 6.96. The first kappa shape index (κ1) is 15.7. The Hall–Kier alpha value is -3.14. The Morgan fingerprint density at radius 2 is 1.42 bits per heavy atom. The van der Waals surface area contributed by atoms with Gasteiger partial charge in [0.05, 0.1) is 11.0 Å². The van der Waals surface area contributed by atoms with Crippen LogP contribution in [0.1, 0.15) is 22.7 Å². The van der Waals surface area contributed by atoms with Gasteiger partial charge in [-0.25, -0.2) is 0 Å². The molecule has 0 spiro atoms. The summed E-state index contributed by atoms with van der Waals surface area (Å²) in [4.78, 5) is 11.0. The van der Waals surface area contributed by atoms with Crippen LogP contribution in [-0.4, -0.2) is 4.92 Å². The first-order valence-corrected chi connectivity index (χ1v) is 7.76. The van der Waals surface area contributed by atoms with Crippen LogP contribution < -0.4 is 5.32 Å². The third-order valence-electron chi connectivity index (χ3n) is 3.92. The minimum Gasteiger partial charge on any atom is -0.369 e. The molecule has 4 heteroatoms. The summed E-state index contributed by atoms with van der Waals surface area (Å²) >= 11 is 0. The molecule has 0 amide bonds. The van der Waals surface area contributed by atoms with E-state index < -0.39 is 0 Å². The Morgan fingerprint density at radius 3 is 1.92 bits per heavy atom. The minimum atomic E-state index is -0.345. The zero-order valence-electron chi connectivity index (χ0n) is 13.3. The molecule has 0 unspecified atom stereocenters.